The second kappa shape index (κ2) is 7.65. The van der Waals surface area contributed by atoms with Crippen LogP contribution in [0.5, 0.6) is 0 Å². The van der Waals surface area contributed by atoms with Crippen LogP contribution in [0.25, 0.3) is 0 Å². The van der Waals surface area contributed by atoms with Crippen molar-refractivity contribution in [1.29, 1.82) is 0 Å². The molecule has 166 valence electrons. The van der Waals surface area contributed by atoms with Gasteiger partial charge in [-0.3, -0.25) is 19.4 Å². The number of anilines is 2. The zero-order valence-electron chi connectivity index (χ0n) is 18.5. The lowest BCUT2D eigenvalue weighted by Gasteiger charge is -2.57. The lowest BCUT2D eigenvalue weighted by molar-refractivity contribution is -0.160. The minimum absolute atomic E-state index is 0.250. The number of para-hydroxylation sites is 2. The lowest BCUT2D eigenvalue weighted by atomic mass is 9.67. The van der Waals surface area contributed by atoms with Gasteiger partial charge in [-0.25, -0.2) is 4.79 Å². The van der Waals surface area contributed by atoms with Crippen LogP contribution < -0.4 is 9.80 Å². The molecule has 3 heterocycles. The second-order valence-corrected chi connectivity index (χ2v) is 8.65. The number of amides is 4. The highest BCUT2D eigenvalue weighted by atomic mass is 16.2. The number of carbonyl (C=O) groups excluding carboxylic acids is 3. The Morgan fingerprint density at radius 1 is 0.844 bits per heavy atom. The van der Waals surface area contributed by atoms with E-state index in [1.807, 2.05) is 36.4 Å². The summed E-state index contributed by atoms with van der Waals surface area (Å²) in [4.78, 5) is 47.8. The number of nitrogens with zero attached hydrogens (tertiary/aromatic N) is 4. The number of imide groups is 2. The fourth-order valence-electron chi connectivity index (χ4n) is 5.61. The maximum absolute atomic E-state index is 13.9. The fraction of sp³-hybridized carbons (Fsp3) is 0.400. The van der Waals surface area contributed by atoms with Crippen LogP contribution in [0.3, 0.4) is 0 Å². The largest absolute Gasteiger partial charge is 0.368 e. The Bertz CT molecular complexity index is 1040. The van der Waals surface area contributed by atoms with Gasteiger partial charge in [-0.05, 0) is 44.0 Å². The van der Waals surface area contributed by atoms with Crippen LogP contribution in [-0.2, 0) is 16.0 Å². The summed E-state index contributed by atoms with van der Waals surface area (Å²) in [7, 11) is 0. The van der Waals surface area contributed by atoms with Crippen molar-refractivity contribution in [3.05, 3.63) is 60.2 Å². The third kappa shape index (κ3) is 2.76. The van der Waals surface area contributed by atoms with Gasteiger partial charge in [0.15, 0.2) is 5.41 Å². The molecule has 4 amide bonds. The highest BCUT2D eigenvalue weighted by Crippen LogP contribution is 2.47. The Hall–Kier alpha value is -3.35. The van der Waals surface area contributed by atoms with Gasteiger partial charge in [-0.15, -0.1) is 0 Å². The van der Waals surface area contributed by atoms with Gasteiger partial charge >= 0.3 is 6.03 Å². The highest BCUT2D eigenvalue weighted by molar-refractivity contribution is 6.20. The first-order chi connectivity index (χ1) is 15.5. The molecule has 1 spiro atoms. The van der Waals surface area contributed by atoms with Gasteiger partial charge in [0.2, 0.25) is 11.8 Å². The first kappa shape index (κ1) is 20.5. The molecule has 0 bridgehead atoms. The van der Waals surface area contributed by atoms with E-state index in [2.05, 4.69) is 28.0 Å². The number of urea groups is 1. The molecule has 1 atom stereocenters. The standard InChI is InChI=1S/C25H28N4O3/c1-3-27-22(30)25(23(31)28(4-2)24(27)32)16-18-10-8-9-13-20(18)29-15-14-26(17-21(25)29)19-11-6-5-7-12-19/h5-13,21H,3-4,14-17H2,1-2H3/t21-/m1/s1. The van der Waals surface area contributed by atoms with Gasteiger partial charge in [0, 0.05) is 44.1 Å². The molecule has 2 fully saturated rings. The molecule has 2 aromatic rings. The minimum atomic E-state index is -1.32. The molecule has 5 rings (SSSR count). The monoisotopic (exact) mass is 432 g/mol. The SMILES string of the molecule is CCN1C(=O)N(CC)C(=O)C2(Cc3ccccc3N3CCN(c4ccccc4)C[C@@H]32)C1=O. The molecule has 3 aliphatic heterocycles. The number of carbonyl (C=O) groups is 3. The van der Waals surface area contributed by atoms with E-state index in [1.54, 1.807) is 13.8 Å². The molecule has 0 N–H and O–H groups in total. The molecule has 0 radical (unpaired) electrons. The number of hydrogen-bond donors (Lipinski definition) is 0. The van der Waals surface area contributed by atoms with E-state index in [1.165, 1.54) is 9.80 Å². The predicted molar refractivity (Wildman–Crippen MR) is 123 cm³/mol. The van der Waals surface area contributed by atoms with Gasteiger partial charge in [-0.2, -0.15) is 0 Å². The van der Waals surface area contributed by atoms with Crippen molar-refractivity contribution in [3.63, 3.8) is 0 Å². The Labute approximate surface area is 188 Å². The quantitative estimate of drug-likeness (QED) is 0.698. The molecule has 7 heteroatoms. The van der Waals surface area contributed by atoms with Crippen molar-refractivity contribution in [2.24, 2.45) is 5.41 Å². The smallest absolute Gasteiger partial charge is 0.333 e. The van der Waals surface area contributed by atoms with Crippen LogP contribution in [0.15, 0.2) is 54.6 Å². The van der Waals surface area contributed by atoms with E-state index in [-0.39, 0.29) is 30.9 Å². The Morgan fingerprint density at radius 3 is 2.12 bits per heavy atom. The normalized spacial score (nSPS) is 22.3. The summed E-state index contributed by atoms with van der Waals surface area (Å²) >= 11 is 0. The Kier molecular flexibility index (Phi) is 4.92. The molecule has 7 nitrogen and oxygen atoms in total. The third-order valence-corrected chi connectivity index (χ3v) is 7.19. The first-order valence-corrected chi connectivity index (χ1v) is 11.3. The summed E-state index contributed by atoms with van der Waals surface area (Å²) in [5.41, 5.74) is 1.83. The number of rotatable bonds is 3. The summed E-state index contributed by atoms with van der Waals surface area (Å²) in [6.07, 6.45) is 0.310. The summed E-state index contributed by atoms with van der Waals surface area (Å²) < 4.78 is 0. The molecular weight excluding hydrogens is 404 g/mol. The van der Waals surface area contributed by atoms with Crippen LogP contribution in [0.4, 0.5) is 16.2 Å². The first-order valence-electron chi connectivity index (χ1n) is 11.3. The van der Waals surface area contributed by atoms with E-state index in [0.717, 1.165) is 23.5 Å². The molecule has 0 unspecified atom stereocenters. The van der Waals surface area contributed by atoms with Gasteiger partial charge in [0.25, 0.3) is 0 Å². The van der Waals surface area contributed by atoms with E-state index >= 15 is 0 Å². The maximum atomic E-state index is 13.9. The molecule has 0 aliphatic carbocycles. The summed E-state index contributed by atoms with van der Waals surface area (Å²) in [6.45, 7) is 6.11. The van der Waals surface area contributed by atoms with Crippen molar-refractivity contribution in [3.8, 4) is 0 Å². The maximum Gasteiger partial charge on any atom is 0.333 e. The van der Waals surface area contributed by atoms with Crippen molar-refractivity contribution < 1.29 is 14.4 Å². The zero-order valence-corrected chi connectivity index (χ0v) is 18.5. The fourth-order valence-corrected chi connectivity index (χ4v) is 5.61. The highest BCUT2D eigenvalue weighted by Gasteiger charge is 2.64. The molecule has 3 aliphatic rings. The minimum Gasteiger partial charge on any atom is -0.368 e. The molecule has 0 aromatic heterocycles. The van der Waals surface area contributed by atoms with Crippen molar-refractivity contribution in [1.82, 2.24) is 9.80 Å². The van der Waals surface area contributed by atoms with Crippen LogP contribution in [0, 0.1) is 5.41 Å². The van der Waals surface area contributed by atoms with Gasteiger partial charge < -0.3 is 9.80 Å². The van der Waals surface area contributed by atoms with Crippen LogP contribution in [-0.4, -0.2) is 66.4 Å². The lowest BCUT2D eigenvalue weighted by Crippen LogP contribution is -2.75. The second-order valence-electron chi connectivity index (χ2n) is 8.65. The van der Waals surface area contributed by atoms with Crippen LogP contribution in [0.1, 0.15) is 19.4 Å². The van der Waals surface area contributed by atoms with Gasteiger partial charge in [-0.1, -0.05) is 36.4 Å². The molecule has 2 saturated heterocycles. The predicted octanol–water partition coefficient (Wildman–Crippen LogP) is 2.75. The van der Waals surface area contributed by atoms with Crippen molar-refractivity contribution in [2.45, 2.75) is 26.3 Å². The zero-order chi connectivity index (χ0) is 22.5. The molecule has 32 heavy (non-hydrogen) atoms. The number of hydrogen-bond acceptors (Lipinski definition) is 5. The van der Waals surface area contributed by atoms with E-state index in [9.17, 15) is 14.4 Å². The Morgan fingerprint density at radius 2 is 1.47 bits per heavy atom. The van der Waals surface area contributed by atoms with Crippen LogP contribution in [0.2, 0.25) is 0 Å². The number of fused-ring (bicyclic) bond motifs is 4. The van der Waals surface area contributed by atoms with E-state index in [4.69, 9.17) is 0 Å². The van der Waals surface area contributed by atoms with E-state index in [0.29, 0.717) is 19.5 Å². The van der Waals surface area contributed by atoms with E-state index < -0.39 is 11.4 Å². The average Bonchev–Trinajstić information content (AvgIpc) is 2.83. The van der Waals surface area contributed by atoms with Crippen LogP contribution >= 0.6 is 0 Å². The third-order valence-electron chi connectivity index (χ3n) is 7.19. The number of benzene rings is 2. The van der Waals surface area contributed by atoms with Crippen molar-refractivity contribution in [2.75, 3.05) is 42.5 Å². The van der Waals surface area contributed by atoms with Crippen molar-refractivity contribution >= 4 is 29.2 Å². The summed E-state index contributed by atoms with van der Waals surface area (Å²) in [6, 6.07) is 17.3. The van der Waals surface area contributed by atoms with Gasteiger partial charge in [0.1, 0.15) is 0 Å². The topological polar surface area (TPSA) is 64.2 Å². The average molecular weight is 433 g/mol. The molecule has 0 saturated carbocycles. The molecular formula is C25H28N4O3. The summed E-state index contributed by atoms with van der Waals surface area (Å²) in [5.74, 6) is -0.724. The summed E-state index contributed by atoms with van der Waals surface area (Å²) in [5, 5.41) is 0. The Balaban J connectivity index is 1.66. The number of barbiturate groups is 1. The number of piperazine rings is 1. The molecule has 2 aromatic carbocycles. The van der Waals surface area contributed by atoms with Gasteiger partial charge in [0.05, 0.1) is 6.04 Å².